The first-order valence-corrected chi connectivity index (χ1v) is 7.51. The van der Waals surface area contributed by atoms with E-state index in [2.05, 4.69) is 15.3 Å². The topological polar surface area (TPSA) is 72.0 Å². The van der Waals surface area contributed by atoms with E-state index in [9.17, 15) is 8.42 Å². The van der Waals surface area contributed by atoms with Crippen molar-refractivity contribution in [3.63, 3.8) is 0 Å². The lowest BCUT2D eigenvalue weighted by atomic mass is 10.1. The summed E-state index contributed by atoms with van der Waals surface area (Å²) in [5.41, 5.74) is 1.98. The maximum absolute atomic E-state index is 11.4. The van der Waals surface area contributed by atoms with Gasteiger partial charge in [-0.15, -0.1) is 0 Å². The van der Waals surface area contributed by atoms with Crippen molar-refractivity contribution < 1.29 is 8.42 Å². The second-order valence-corrected chi connectivity index (χ2v) is 6.70. The smallest absolute Gasteiger partial charge is 0.151 e. The normalized spacial score (nSPS) is 22.8. The summed E-state index contributed by atoms with van der Waals surface area (Å²) < 4.78 is 22.8. The Labute approximate surface area is 102 Å². The van der Waals surface area contributed by atoms with E-state index in [4.69, 9.17) is 0 Å². The van der Waals surface area contributed by atoms with Gasteiger partial charge < -0.3 is 5.32 Å². The van der Waals surface area contributed by atoms with Crippen LogP contribution in [-0.4, -0.2) is 36.9 Å². The molecule has 1 N–H and O–H groups in total. The zero-order chi connectivity index (χ0) is 12.5. The molecule has 0 spiro atoms. The van der Waals surface area contributed by atoms with Crippen LogP contribution in [0.25, 0.3) is 0 Å². The summed E-state index contributed by atoms with van der Waals surface area (Å²) >= 11 is 0. The molecule has 2 heterocycles. The summed E-state index contributed by atoms with van der Waals surface area (Å²) in [6.07, 6.45) is 2.44. The lowest BCUT2D eigenvalue weighted by Crippen LogP contribution is -2.12. The van der Waals surface area contributed by atoms with E-state index in [-0.39, 0.29) is 17.4 Å². The summed E-state index contributed by atoms with van der Waals surface area (Å²) in [5, 5.41) is 3.05. The average Bonchev–Trinajstić information content (AvgIpc) is 2.62. The van der Waals surface area contributed by atoms with Gasteiger partial charge in [0.1, 0.15) is 5.82 Å². The van der Waals surface area contributed by atoms with Crippen LogP contribution in [0, 0.1) is 6.92 Å². The van der Waals surface area contributed by atoms with E-state index in [0.29, 0.717) is 12.2 Å². The Morgan fingerprint density at radius 1 is 1.53 bits per heavy atom. The van der Waals surface area contributed by atoms with Crippen LogP contribution in [0.5, 0.6) is 0 Å². The van der Waals surface area contributed by atoms with Crippen molar-refractivity contribution in [3.8, 4) is 0 Å². The lowest BCUT2D eigenvalue weighted by Gasteiger charge is -2.09. The fourth-order valence-electron chi connectivity index (χ4n) is 2.07. The minimum Gasteiger partial charge on any atom is -0.316 e. The summed E-state index contributed by atoms with van der Waals surface area (Å²) in [5.74, 6) is 1.10. The summed E-state index contributed by atoms with van der Waals surface area (Å²) in [6.45, 7) is 2.66. The molecule has 1 atom stereocenters. The number of aryl methyl sites for hydroxylation is 1. The number of nitrogens with zero attached hydrogens (tertiary/aromatic N) is 2. The first-order chi connectivity index (χ1) is 8.02. The molecule has 0 aromatic carbocycles. The molecule has 6 heteroatoms. The molecule has 94 valence electrons. The lowest BCUT2D eigenvalue weighted by molar-refractivity contribution is 0.601. The SMILES string of the molecule is CNCc1cnc(C2CCS(=O)(=O)C2)nc1C. The van der Waals surface area contributed by atoms with Crippen molar-refractivity contribution in [2.75, 3.05) is 18.6 Å². The zero-order valence-corrected chi connectivity index (χ0v) is 10.9. The number of hydrogen-bond acceptors (Lipinski definition) is 5. The highest BCUT2D eigenvalue weighted by Crippen LogP contribution is 2.26. The van der Waals surface area contributed by atoms with E-state index in [1.54, 1.807) is 6.20 Å². The predicted octanol–water partition coefficient (Wildman–Crippen LogP) is 0.407. The molecule has 0 radical (unpaired) electrons. The average molecular weight is 255 g/mol. The number of nitrogens with one attached hydrogen (secondary N) is 1. The molecule has 1 aliphatic heterocycles. The Balaban J connectivity index is 2.21. The van der Waals surface area contributed by atoms with Crippen molar-refractivity contribution in [3.05, 3.63) is 23.3 Å². The quantitative estimate of drug-likeness (QED) is 0.847. The van der Waals surface area contributed by atoms with E-state index in [1.165, 1.54) is 0 Å². The van der Waals surface area contributed by atoms with E-state index < -0.39 is 9.84 Å². The van der Waals surface area contributed by atoms with Crippen LogP contribution in [0.15, 0.2) is 6.20 Å². The minimum atomic E-state index is -2.87. The van der Waals surface area contributed by atoms with Gasteiger partial charge in [-0.05, 0) is 20.4 Å². The van der Waals surface area contributed by atoms with Crippen LogP contribution in [0.4, 0.5) is 0 Å². The molecule has 1 aliphatic rings. The monoisotopic (exact) mass is 255 g/mol. The Morgan fingerprint density at radius 3 is 2.82 bits per heavy atom. The second-order valence-electron chi connectivity index (χ2n) is 4.47. The molecule has 1 unspecified atom stereocenters. The van der Waals surface area contributed by atoms with Gasteiger partial charge in [0.25, 0.3) is 0 Å². The van der Waals surface area contributed by atoms with Crippen LogP contribution in [-0.2, 0) is 16.4 Å². The number of aromatic nitrogens is 2. The first kappa shape index (κ1) is 12.4. The highest BCUT2D eigenvalue weighted by Gasteiger charge is 2.30. The number of hydrogen-bond donors (Lipinski definition) is 1. The third-order valence-corrected chi connectivity index (χ3v) is 4.83. The maximum Gasteiger partial charge on any atom is 0.151 e. The standard InChI is InChI=1S/C11H17N3O2S/c1-8-10(5-12-2)6-13-11(14-8)9-3-4-17(15,16)7-9/h6,9,12H,3-5,7H2,1-2H3. The summed E-state index contributed by atoms with van der Waals surface area (Å²) in [4.78, 5) is 8.71. The van der Waals surface area contributed by atoms with Crippen LogP contribution >= 0.6 is 0 Å². The van der Waals surface area contributed by atoms with Gasteiger partial charge >= 0.3 is 0 Å². The first-order valence-electron chi connectivity index (χ1n) is 5.69. The van der Waals surface area contributed by atoms with Gasteiger partial charge in [0.2, 0.25) is 0 Å². The van der Waals surface area contributed by atoms with E-state index in [0.717, 1.165) is 17.8 Å². The largest absolute Gasteiger partial charge is 0.316 e. The van der Waals surface area contributed by atoms with Gasteiger partial charge in [-0.25, -0.2) is 18.4 Å². The molecule has 5 nitrogen and oxygen atoms in total. The molecule has 1 saturated heterocycles. The Kier molecular flexibility index (Phi) is 3.44. The molecule has 0 bridgehead atoms. The predicted molar refractivity (Wildman–Crippen MR) is 65.5 cm³/mol. The van der Waals surface area contributed by atoms with Crippen LogP contribution in [0.2, 0.25) is 0 Å². The fraction of sp³-hybridized carbons (Fsp3) is 0.636. The van der Waals surface area contributed by atoms with Crippen molar-refractivity contribution in [1.82, 2.24) is 15.3 Å². The van der Waals surface area contributed by atoms with Gasteiger partial charge in [-0.2, -0.15) is 0 Å². The molecule has 17 heavy (non-hydrogen) atoms. The van der Waals surface area contributed by atoms with Gasteiger partial charge in [0, 0.05) is 29.9 Å². The van der Waals surface area contributed by atoms with Gasteiger partial charge in [-0.1, -0.05) is 0 Å². The van der Waals surface area contributed by atoms with E-state index in [1.807, 2.05) is 14.0 Å². The number of rotatable bonds is 3. The zero-order valence-electron chi connectivity index (χ0n) is 10.1. The van der Waals surface area contributed by atoms with Crippen molar-refractivity contribution >= 4 is 9.84 Å². The van der Waals surface area contributed by atoms with Gasteiger partial charge in [0.15, 0.2) is 9.84 Å². The molecular weight excluding hydrogens is 238 g/mol. The number of sulfone groups is 1. The molecule has 0 amide bonds. The van der Waals surface area contributed by atoms with Gasteiger partial charge in [0.05, 0.1) is 11.5 Å². The third kappa shape index (κ3) is 2.81. The Hall–Kier alpha value is -1.01. The van der Waals surface area contributed by atoms with Crippen LogP contribution in [0.1, 0.15) is 29.4 Å². The maximum atomic E-state index is 11.4. The highest BCUT2D eigenvalue weighted by atomic mass is 32.2. The second kappa shape index (κ2) is 4.70. The molecule has 1 aromatic rings. The van der Waals surface area contributed by atoms with Crippen molar-refractivity contribution in [2.45, 2.75) is 25.8 Å². The van der Waals surface area contributed by atoms with Crippen molar-refractivity contribution in [2.24, 2.45) is 0 Å². The summed E-state index contributed by atoms with van der Waals surface area (Å²) in [7, 11) is -0.997. The molecular formula is C11H17N3O2S. The minimum absolute atomic E-state index is 0.0256. The fourth-order valence-corrected chi connectivity index (χ4v) is 3.81. The van der Waals surface area contributed by atoms with Crippen LogP contribution < -0.4 is 5.32 Å². The van der Waals surface area contributed by atoms with Crippen molar-refractivity contribution in [1.29, 1.82) is 0 Å². The molecule has 1 fully saturated rings. The molecule has 1 aromatic heterocycles. The van der Waals surface area contributed by atoms with E-state index >= 15 is 0 Å². The Bertz CT molecular complexity index is 513. The summed E-state index contributed by atoms with van der Waals surface area (Å²) in [6, 6.07) is 0. The highest BCUT2D eigenvalue weighted by molar-refractivity contribution is 7.91. The third-order valence-electron chi connectivity index (χ3n) is 3.06. The van der Waals surface area contributed by atoms with Gasteiger partial charge in [-0.3, -0.25) is 0 Å². The molecule has 2 rings (SSSR count). The molecule has 0 saturated carbocycles. The Morgan fingerprint density at radius 2 is 2.29 bits per heavy atom. The molecule has 0 aliphatic carbocycles. The van der Waals surface area contributed by atoms with Crippen LogP contribution in [0.3, 0.4) is 0 Å².